The molecule has 2 heterocycles. The van der Waals surface area contributed by atoms with Gasteiger partial charge in [-0.3, -0.25) is 10.1 Å². The van der Waals surface area contributed by atoms with Crippen molar-refractivity contribution in [1.82, 2.24) is 14.5 Å². The molecule has 0 atom stereocenters. The third kappa shape index (κ3) is 5.01. The zero-order valence-corrected chi connectivity index (χ0v) is 19.2. The molecule has 0 fully saturated rings. The second-order valence-electron chi connectivity index (χ2n) is 6.31. The normalized spacial score (nSPS) is 11.8. The molecule has 1 amide bonds. The van der Waals surface area contributed by atoms with E-state index in [0.29, 0.717) is 20.8 Å². The van der Waals surface area contributed by atoms with Crippen molar-refractivity contribution in [3.8, 4) is 11.5 Å². The first-order chi connectivity index (χ1) is 14.2. The lowest BCUT2D eigenvalue weighted by Crippen LogP contribution is -2.28. The van der Waals surface area contributed by atoms with Crippen molar-refractivity contribution in [3.05, 3.63) is 44.6 Å². The fourth-order valence-corrected chi connectivity index (χ4v) is 5.15. The van der Waals surface area contributed by atoms with Gasteiger partial charge in [0, 0.05) is 19.2 Å². The molecule has 1 aromatic carbocycles. The lowest BCUT2D eigenvalue weighted by molar-refractivity contribution is 0.102. The Balaban J connectivity index is 1.70. The average molecular weight is 489 g/mol. The van der Waals surface area contributed by atoms with Gasteiger partial charge >= 0.3 is 6.01 Å². The number of anilines is 1. The summed E-state index contributed by atoms with van der Waals surface area (Å²) in [4.78, 5) is 12.5. The van der Waals surface area contributed by atoms with Gasteiger partial charge in [0.2, 0.25) is 10.0 Å². The molecule has 3 aromatic rings. The van der Waals surface area contributed by atoms with Gasteiger partial charge in [-0.1, -0.05) is 41.6 Å². The highest BCUT2D eigenvalue weighted by Crippen LogP contribution is 2.37. The quantitative estimate of drug-likeness (QED) is 0.488. The molecule has 30 heavy (non-hydrogen) atoms. The van der Waals surface area contributed by atoms with Gasteiger partial charge in [0.25, 0.3) is 11.8 Å². The summed E-state index contributed by atoms with van der Waals surface area (Å²) in [5, 5.41) is 10.1. The van der Waals surface area contributed by atoms with Crippen LogP contribution in [0.1, 0.15) is 30.1 Å². The van der Waals surface area contributed by atoms with E-state index in [9.17, 15) is 13.2 Å². The van der Waals surface area contributed by atoms with Crippen LogP contribution in [0.4, 0.5) is 6.01 Å². The van der Waals surface area contributed by atoms with E-state index in [2.05, 4.69) is 15.5 Å². The molecular weight excluding hydrogens is 471 g/mol. The number of nitrogens with zero attached hydrogens (tertiary/aromatic N) is 3. The topological polar surface area (TPSA) is 105 Å². The summed E-state index contributed by atoms with van der Waals surface area (Å²) in [6, 6.07) is 7.08. The Morgan fingerprint density at radius 1 is 1.23 bits per heavy atom. The van der Waals surface area contributed by atoms with Crippen LogP contribution in [0.3, 0.4) is 0 Å². The Labute approximate surface area is 187 Å². The number of benzene rings is 1. The van der Waals surface area contributed by atoms with Gasteiger partial charge in [-0.25, -0.2) is 12.7 Å². The standard InChI is InChI=1S/C18H18Cl2N4O4S2/c1-3-4-9-24(2)30(26,27)12-7-5-11(6-8-12)16(25)21-18-23-22-17(28-18)13-10-14(19)29-15(13)20/h5-8,10H,3-4,9H2,1-2H3,(H,21,23,25). The number of sulfonamides is 1. The van der Waals surface area contributed by atoms with E-state index in [1.54, 1.807) is 6.07 Å². The van der Waals surface area contributed by atoms with Crippen LogP contribution in [-0.2, 0) is 10.0 Å². The molecule has 0 aliphatic heterocycles. The number of carbonyl (C=O) groups is 1. The second kappa shape index (κ2) is 9.44. The molecule has 0 unspecified atom stereocenters. The second-order valence-corrected chi connectivity index (χ2v) is 10.6. The van der Waals surface area contributed by atoms with Crippen molar-refractivity contribution in [2.45, 2.75) is 24.7 Å². The third-order valence-corrected chi connectivity index (χ3v) is 7.54. The number of hydrogen-bond acceptors (Lipinski definition) is 7. The van der Waals surface area contributed by atoms with Crippen molar-refractivity contribution in [3.63, 3.8) is 0 Å². The minimum atomic E-state index is -3.60. The zero-order valence-electron chi connectivity index (χ0n) is 16.1. The molecule has 0 aliphatic rings. The summed E-state index contributed by atoms with van der Waals surface area (Å²) in [7, 11) is -2.07. The Hall–Kier alpha value is -1.98. The number of nitrogens with one attached hydrogen (secondary N) is 1. The van der Waals surface area contributed by atoms with Gasteiger partial charge in [0.05, 0.1) is 14.8 Å². The number of unbranched alkanes of at least 4 members (excludes halogenated alkanes) is 1. The molecule has 0 radical (unpaired) electrons. The highest BCUT2D eigenvalue weighted by atomic mass is 35.5. The molecule has 3 rings (SSSR count). The number of halogens is 2. The van der Waals surface area contributed by atoms with Crippen molar-refractivity contribution in [1.29, 1.82) is 0 Å². The molecule has 0 spiro atoms. The minimum Gasteiger partial charge on any atom is -0.403 e. The summed E-state index contributed by atoms with van der Waals surface area (Å²) < 4.78 is 32.7. The lowest BCUT2D eigenvalue weighted by Gasteiger charge is -2.16. The molecule has 0 aliphatic carbocycles. The summed E-state index contributed by atoms with van der Waals surface area (Å²) in [6.45, 7) is 2.42. The van der Waals surface area contributed by atoms with Gasteiger partial charge < -0.3 is 4.42 Å². The molecule has 0 saturated carbocycles. The molecule has 0 bridgehead atoms. The van der Waals surface area contributed by atoms with Crippen LogP contribution in [0.25, 0.3) is 11.5 Å². The van der Waals surface area contributed by atoms with E-state index in [4.69, 9.17) is 27.6 Å². The first-order valence-corrected chi connectivity index (χ1v) is 11.9. The predicted octanol–water partition coefficient (Wildman–Crippen LogP) is 4.78. The van der Waals surface area contributed by atoms with E-state index in [1.165, 1.54) is 35.6 Å². The average Bonchev–Trinajstić information content (AvgIpc) is 3.31. The molecule has 2 aromatic heterocycles. The number of rotatable bonds is 8. The smallest absolute Gasteiger partial charge is 0.322 e. The van der Waals surface area contributed by atoms with Crippen molar-refractivity contribution in [2.24, 2.45) is 0 Å². The SMILES string of the molecule is CCCCN(C)S(=O)(=O)c1ccc(C(=O)Nc2nnc(-c3cc(Cl)sc3Cl)o2)cc1. The van der Waals surface area contributed by atoms with E-state index < -0.39 is 15.9 Å². The highest BCUT2D eigenvalue weighted by Gasteiger charge is 2.21. The summed E-state index contributed by atoms with van der Waals surface area (Å²) in [6.07, 6.45) is 1.66. The third-order valence-electron chi connectivity index (χ3n) is 4.18. The van der Waals surface area contributed by atoms with Crippen LogP contribution in [0.5, 0.6) is 0 Å². The summed E-state index contributed by atoms with van der Waals surface area (Å²) in [5.74, 6) is -0.405. The number of thiophene rings is 1. The Kier molecular flexibility index (Phi) is 7.14. The van der Waals surface area contributed by atoms with Gasteiger partial charge in [0.15, 0.2) is 0 Å². The van der Waals surface area contributed by atoms with Gasteiger partial charge in [-0.2, -0.15) is 0 Å². The summed E-state index contributed by atoms with van der Waals surface area (Å²) in [5.41, 5.74) is 0.711. The molecular formula is C18H18Cl2N4O4S2. The largest absolute Gasteiger partial charge is 0.403 e. The van der Waals surface area contributed by atoms with Crippen LogP contribution >= 0.6 is 34.5 Å². The summed E-state index contributed by atoms with van der Waals surface area (Å²) >= 11 is 13.1. The van der Waals surface area contributed by atoms with Crippen molar-refractivity contribution in [2.75, 3.05) is 18.9 Å². The van der Waals surface area contributed by atoms with Gasteiger partial charge in [-0.15, -0.1) is 16.4 Å². The lowest BCUT2D eigenvalue weighted by atomic mass is 10.2. The molecule has 0 saturated heterocycles. The van der Waals surface area contributed by atoms with Crippen LogP contribution < -0.4 is 5.32 Å². The monoisotopic (exact) mass is 488 g/mol. The van der Waals surface area contributed by atoms with Gasteiger partial charge in [0.1, 0.15) is 4.34 Å². The van der Waals surface area contributed by atoms with Crippen LogP contribution in [0.2, 0.25) is 8.67 Å². The Morgan fingerprint density at radius 2 is 1.93 bits per heavy atom. The molecule has 12 heteroatoms. The van der Waals surface area contributed by atoms with Crippen LogP contribution in [0, 0.1) is 0 Å². The van der Waals surface area contributed by atoms with E-state index >= 15 is 0 Å². The maximum atomic E-state index is 12.5. The first kappa shape index (κ1) is 22.7. The molecule has 1 N–H and O–H groups in total. The van der Waals surface area contributed by atoms with Crippen molar-refractivity contribution >= 4 is 56.5 Å². The van der Waals surface area contributed by atoms with E-state index in [1.807, 2.05) is 6.92 Å². The highest BCUT2D eigenvalue weighted by molar-refractivity contribution is 7.89. The minimum absolute atomic E-state index is 0.113. The molecule has 8 nitrogen and oxygen atoms in total. The number of amides is 1. The Bertz CT molecular complexity index is 1140. The van der Waals surface area contributed by atoms with E-state index in [-0.39, 0.29) is 22.4 Å². The maximum absolute atomic E-state index is 12.5. The van der Waals surface area contributed by atoms with Crippen molar-refractivity contribution < 1.29 is 17.6 Å². The fourth-order valence-electron chi connectivity index (χ4n) is 2.50. The number of hydrogen-bond donors (Lipinski definition) is 1. The van der Waals surface area contributed by atoms with Crippen LogP contribution in [-0.4, -0.2) is 42.4 Å². The molecule has 160 valence electrons. The fraction of sp³-hybridized carbons (Fsp3) is 0.278. The Morgan fingerprint density at radius 3 is 2.53 bits per heavy atom. The van der Waals surface area contributed by atoms with Crippen LogP contribution in [0.15, 0.2) is 39.6 Å². The number of aromatic nitrogens is 2. The maximum Gasteiger partial charge on any atom is 0.322 e. The predicted molar refractivity (Wildman–Crippen MR) is 117 cm³/mol. The zero-order chi connectivity index (χ0) is 21.9. The van der Waals surface area contributed by atoms with E-state index in [0.717, 1.165) is 24.2 Å². The number of carbonyl (C=O) groups excluding carboxylic acids is 1. The first-order valence-electron chi connectivity index (χ1n) is 8.89. The van der Waals surface area contributed by atoms with Gasteiger partial charge in [-0.05, 0) is 36.8 Å².